The van der Waals surface area contributed by atoms with Crippen LogP contribution in [0.15, 0.2) is 23.3 Å². The predicted molar refractivity (Wildman–Crippen MR) is 112 cm³/mol. The molecule has 1 heterocycles. The standard InChI is InChI=1S/C23H29N3O4/c1-2-29-20-8-15(12-24-26-13-21(27)25-22(26)28)3-4-19(20)30-14-23-9-16-5-17(10-23)7-18(6-16)11-23/h3-4,8,12,16-18H,2,5-7,9-11,13-14H2,1H3,(H,25,27,28)/b24-12-. The first-order valence-electron chi connectivity index (χ1n) is 11.1. The number of rotatable bonds is 7. The highest BCUT2D eigenvalue weighted by molar-refractivity contribution is 6.02. The maximum Gasteiger partial charge on any atom is 0.344 e. The van der Waals surface area contributed by atoms with Gasteiger partial charge < -0.3 is 9.47 Å². The van der Waals surface area contributed by atoms with Crippen LogP contribution >= 0.6 is 0 Å². The summed E-state index contributed by atoms with van der Waals surface area (Å²) in [7, 11) is 0. The Labute approximate surface area is 176 Å². The number of hydrogen-bond acceptors (Lipinski definition) is 5. The van der Waals surface area contributed by atoms with Crippen molar-refractivity contribution in [2.45, 2.75) is 45.4 Å². The third-order valence-corrected chi connectivity index (χ3v) is 7.09. The molecule has 3 amide bonds. The number of amides is 3. The second-order valence-corrected chi connectivity index (χ2v) is 9.50. The number of hydrogen-bond donors (Lipinski definition) is 1. The molecule has 5 aliphatic rings. The monoisotopic (exact) mass is 411 g/mol. The van der Waals surface area contributed by atoms with Gasteiger partial charge >= 0.3 is 6.03 Å². The highest BCUT2D eigenvalue weighted by Gasteiger charge is 2.51. The normalized spacial score (nSPS) is 32.2. The van der Waals surface area contributed by atoms with Gasteiger partial charge in [-0.05, 0) is 87.0 Å². The molecule has 0 unspecified atom stereocenters. The molecule has 5 fully saturated rings. The maximum atomic E-state index is 11.6. The molecule has 1 aromatic carbocycles. The van der Waals surface area contributed by atoms with Crippen LogP contribution < -0.4 is 14.8 Å². The van der Waals surface area contributed by atoms with Gasteiger partial charge in [-0.1, -0.05) is 0 Å². The van der Waals surface area contributed by atoms with Crippen molar-refractivity contribution < 1.29 is 19.1 Å². The van der Waals surface area contributed by atoms with E-state index >= 15 is 0 Å². The molecule has 4 bridgehead atoms. The Kier molecular flexibility index (Phi) is 4.91. The van der Waals surface area contributed by atoms with E-state index in [2.05, 4.69) is 10.4 Å². The maximum absolute atomic E-state index is 11.6. The molecule has 160 valence electrons. The average molecular weight is 412 g/mol. The average Bonchev–Trinajstić information content (AvgIpc) is 3.02. The van der Waals surface area contributed by atoms with Gasteiger partial charge in [-0.3, -0.25) is 10.1 Å². The zero-order valence-corrected chi connectivity index (χ0v) is 17.4. The van der Waals surface area contributed by atoms with Crippen molar-refractivity contribution >= 4 is 18.2 Å². The number of hydrazone groups is 1. The third-order valence-electron chi connectivity index (χ3n) is 7.09. The van der Waals surface area contributed by atoms with Gasteiger partial charge in [-0.25, -0.2) is 9.80 Å². The van der Waals surface area contributed by atoms with Crippen molar-refractivity contribution in [3.8, 4) is 11.5 Å². The largest absolute Gasteiger partial charge is 0.490 e. The molecule has 6 rings (SSSR count). The molecule has 4 saturated carbocycles. The minimum Gasteiger partial charge on any atom is -0.490 e. The smallest absolute Gasteiger partial charge is 0.344 e. The van der Waals surface area contributed by atoms with E-state index < -0.39 is 6.03 Å². The molecular weight excluding hydrogens is 382 g/mol. The SMILES string of the molecule is CCOc1cc(/C=N\N2CC(=O)NC2=O)ccc1OCC12CC3CC(CC(C3)C1)C2. The summed E-state index contributed by atoms with van der Waals surface area (Å²) >= 11 is 0. The van der Waals surface area contributed by atoms with Crippen molar-refractivity contribution in [3.63, 3.8) is 0 Å². The van der Waals surface area contributed by atoms with Crippen LogP contribution in [-0.4, -0.2) is 42.9 Å². The molecule has 0 atom stereocenters. The number of carbonyl (C=O) groups is 2. The number of ether oxygens (including phenoxy) is 2. The minimum atomic E-state index is -0.503. The number of imide groups is 1. The molecule has 0 aromatic heterocycles. The fourth-order valence-electron chi connectivity index (χ4n) is 6.35. The van der Waals surface area contributed by atoms with Crippen molar-refractivity contribution in [1.29, 1.82) is 0 Å². The first-order valence-corrected chi connectivity index (χ1v) is 11.1. The molecule has 1 saturated heterocycles. The van der Waals surface area contributed by atoms with E-state index in [0.29, 0.717) is 17.8 Å². The van der Waals surface area contributed by atoms with Gasteiger partial charge in [0, 0.05) is 5.41 Å². The van der Waals surface area contributed by atoms with E-state index in [1.54, 1.807) is 6.21 Å². The predicted octanol–water partition coefficient (Wildman–Crippen LogP) is 3.57. The van der Waals surface area contributed by atoms with E-state index in [-0.39, 0.29) is 12.5 Å². The molecular formula is C23H29N3O4. The van der Waals surface area contributed by atoms with Crippen molar-refractivity contribution in [1.82, 2.24) is 10.3 Å². The zero-order valence-electron chi connectivity index (χ0n) is 17.4. The second kappa shape index (κ2) is 7.60. The van der Waals surface area contributed by atoms with Gasteiger partial charge in [0.25, 0.3) is 0 Å². The zero-order chi connectivity index (χ0) is 20.7. The van der Waals surface area contributed by atoms with Crippen LogP contribution in [0, 0.1) is 23.2 Å². The van der Waals surface area contributed by atoms with Gasteiger partial charge in [0.2, 0.25) is 5.91 Å². The van der Waals surface area contributed by atoms with Gasteiger partial charge in [-0.15, -0.1) is 0 Å². The van der Waals surface area contributed by atoms with Crippen molar-refractivity contribution in [3.05, 3.63) is 23.8 Å². The summed E-state index contributed by atoms with van der Waals surface area (Å²) in [5, 5.41) is 7.42. The topological polar surface area (TPSA) is 80.2 Å². The van der Waals surface area contributed by atoms with Gasteiger partial charge in [0.15, 0.2) is 11.5 Å². The summed E-state index contributed by atoms with van der Waals surface area (Å²) in [6.45, 7) is 3.20. The first-order chi connectivity index (χ1) is 14.5. The summed E-state index contributed by atoms with van der Waals surface area (Å²) in [4.78, 5) is 22.9. The van der Waals surface area contributed by atoms with E-state index in [9.17, 15) is 9.59 Å². The number of carbonyl (C=O) groups excluding carboxylic acids is 2. The Hall–Kier alpha value is -2.57. The summed E-state index contributed by atoms with van der Waals surface area (Å²) in [5.74, 6) is 3.81. The molecule has 0 radical (unpaired) electrons. The van der Waals surface area contributed by atoms with Crippen LogP contribution in [0.3, 0.4) is 0 Å². The summed E-state index contributed by atoms with van der Waals surface area (Å²) in [6, 6.07) is 5.19. The van der Waals surface area contributed by atoms with Crippen LogP contribution in [-0.2, 0) is 4.79 Å². The van der Waals surface area contributed by atoms with E-state index in [1.807, 2.05) is 25.1 Å². The molecule has 30 heavy (non-hydrogen) atoms. The Bertz CT molecular complexity index is 846. The van der Waals surface area contributed by atoms with E-state index in [0.717, 1.165) is 40.7 Å². The van der Waals surface area contributed by atoms with E-state index in [4.69, 9.17) is 9.47 Å². The lowest BCUT2D eigenvalue weighted by Gasteiger charge is -2.56. The van der Waals surface area contributed by atoms with Gasteiger partial charge in [0.1, 0.15) is 6.54 Å². The molecule has 1 N–H and O–H groups in total. The molecule has 1 aliphatic heterocycles. The lowest BCUT2D eigenvalue weighted by atomic mass is 9.50. The highest BCUT2D eigenvalue weighted by atomic mass is 16.5. The first kappa shape index (κ1) is 19.4. The van der Waals surface area contributed by atoms with Crippen molar-refractivity contribution in [2.24, 2.45) is 28.3 Å². The van der Waals surface area contributed by atoms with Gasteiger partial charge in [0.05, 0.1) is 19.4 Å². The van der Waals surface area contributed by atoms with Crippen LogP contribution in [0.4, 0.5) is 4.79 Å². The van der Waals surface area contributed by atoms with Gasteiger partial charge in [-0.2, -0.15) is 5.10 Å². The fraction of sp³-hybridized carbons (Fsp3) is 0.609. The number of nitrogens with zero attached hydrogens (tertiary/aromatic N) is 2. The minimum absolute atomic E-state index is 0.0556. The second-order valence-electron chi connectivity index (χ2n) is 9.50. The lowest BCUT2D eigenvalue weighted by molar-refractivity contribution is -0.118. The summed E-state index contributed by atoms with van der Waals surface area (Å²) < 4.78 is 12.2. The van der Waals surface area contributed by atoms with Crippen LogP contribution in [0.5, 0.6) is 11.5 Å². The molecule has 7 heteroatoms. The summed E-state index contributed by atoms with van der Waals surface area (Å²) in [5.41, 5.74) is 1.13. The molecule has 4 aliphatic carbocycles. The number of urea groups is 1. The lowest BCUT2D eigenvalue weighted by Crippen LogP contribution is -2.48. The Morgan fingerprint density at radius 1 is 1.10 bits per heavy atom. The molecule has 7 nitrogen and oxygen atoms in total. The fourth-order valence-corrected chi connectivity index (χ4v) is 6.35. The van der Waals surface area contributed by atoms with Crippen LogP contribution in [0.1, 0.15) is 51.0 Å². The number of nitrogens with one attached hydrogen (secondary N) is 1. The Morgan fingerprint density at radius 3 is 2.40 bits per heavy atom. The third kappa shape index (κ3) is 3.77. The quantitative estimate of drug-likeness (QED) is 0.549. The van der Waals surface area contributed by atoms with Crippen LogP contribution in [0.2, 0.25) is 0 Å². The molecule has 0 spiro atoms. The van der Waals surface area contributed by atoms with E-state index in [1.165, 1.54) is 38.5 Å². The Balaban J connectivity index is 1.28. The highest BCUT2D eigenvalue weighted by Crippen LogP contribution is 2.60. The molecule has 1 aromatic rings. The summed E-state index contributed by atoms with van der Waals surface area (Å²) in [6.07, 6.45) is 9.77. The Morgan fingerprint density at radius 2 is 1.80 bits per heavy atom. The number of benzene rings is 1. The van der Waals surface area contributed by atoms with Crippen LogP contribution in [0.25, 0.3) is 0 Å². The van der Waals surface area contributed by atoms with Crippen molar-refractivity contribution in [2.75, 3.05) is 19.8 Å².